The monoisotopic (exact) mass is 203 g/mol. The van der Waals surface area contributed by atoms with Crippen LogP contribution in [0, 0.1) is 0 Å². The first kappa shape index (κ1) is 12.2. The molecule has 0 radical (unpaired) electrons. The largest absolute Gasteiger partial charge is 0.528 e. The minimum Gasteiger partial charge on any atom is -0.374 e. The van der Waals surface area contributed by atoms with Gasteiger partial charge in [-0.15, -0.1) is 0 Å². The van der Waals surface area contributed by atoms with Gasteiger partial charge in [-0.05, 0) is 5.70 Å². The lowest BCUT2D eigenvalue weighted by molar-refractivity contribution is 0.138. The predicted octanol–water partition coefficient (Wildman–Crippen LogP) is 0.296. The molecule has 0 heterocycles. The third kappa shape index (κ3) is 4.12. The summed E-state index contributed by atoms with van der Waals surface area (Å²) in [6, 6.07) is 0. The van der Waals surface area contributed by atoms with Gasteiger partial charge in [-0.25, -0.2) is 9.79 Å². The number of carbonyl (C=O) groups excluding carboxylic acids is 1. The summed E-state index contributed by atoms with van der Waals surface area (Å²) in [4.78, 5) is 13.1. The molecule has 0 unspecified atom stereocenters. The van der Waals surface area contributed by atoms with Crippen molar-refractivity contribution in [2.24, 2.45) is 4.99 Å². The van der Waals surface area contributed by atoms with E-state index in [0.717, 1.165) is 0 Å². The Morgan fingerprint density at radius 2 is 1.85 bits per heavy atom. The van der Waals surface area contributed by atoms with E-state index in [4.69, 9.17) is 13.3 Å². The smallest absolute Gasteiger partial charge is 0.374 e. The molecule has 0 saturated carbocycles. The van der Waals surface area contributed by atoms with Crippen molar-refractivity contribution >= 4 is 14.9 Å². The summed E-state index contributed by atoms with van der Waals surface area (Å²) >= 11 is 0. The van der Waals surface area contributed by atoms with Gasteiger partial charge in [0.25, 0.3) is 0 Å². The Morgan fingerprint density at radius 3 is 2.23 bits per heavy atom. The quantitative estimate of drug-likeness (QED) is 0.354. The van der Waals surface area contributed by atoms with Gasteiger partial charge in [0, 0.05) is 21.3 Å². The van der Waals surface area contributed by atoms with E-state index in [1.165, 1.54) is 27.4 Å². The molecule has 0 spiro atoms. The summed E-state index contributed by atoms with van der Waals surface area (Å²) < 4.78 is 15.3. The van der Waals surface area contributed by atoms with Gasteiger partial charge in [0.15, 0.2) is 0 Å². The van der Waals surface area contributed by atoms with Gasteiger partial charge in [0.05, 0.1) is 6.54 Å². The Bertz CT molecular complexity index is 200. The summed E-state index contributed by atoms with van der Waals surface area (Å²) in [6.45, 7) is 0.258. The van der Waals surface area contributed by atoms with Crippen LogP contribution in [0.1, 0.15) is 0 Å². The lowest BCUT2D eigenvalue weighted by atomic mass is 10.7. The summed E-state index contributed by atoms with van der Waals surface area (Å²) in [5, 5.41) is 0. The van der Waals surface area contributed by atoms with Crippen molar-refractivity contribution in [3.05, 3.63) is 11.8 Å². The van der Waals surface area contributed by atoms with Crippen LogP contribution in [-0.2, 0) is 18.1 Å². The second kappa shape index (κ2) is 6.70. The molecule has 0 aliphatic heterocycles. The average Bonchev–Trinajstić information content (AvgIpc) is 2.20. The van der Waals surface area contributed by atoms with E-state index in [9.17, 15) is 4.79 Å². The number of hydrogen-bond donors (Lipinski definition) is 0. The van der Waals surface area contributed by atoms with Gasteiger partial charge < -0.3 is 13.3 Å². The van der Waals surface area contributed by atoms with E-state index in [-0.39, 0.29) is 6.54 Å². The number of hydrogen-bond acceptors (Lipinski definition) is 5. The van der Waals surface area contributed by atoms with E-state index < -0.39 is 8.80 Å². The average molecular weight is 203 g/mol. The van der Waals surface area contributed by atoms with Gasteiger partial charge in [-0.3, -0.25) is 0 Å². The van der Waals surface area contributed by atoms with Gasteiger partial charge in [-0.2, -0.15) is 0 Å². The molecule has 13 heavy (non-hydrogen) atoms. The van der Waals surface area contributed by atoms with Crippen molar-refractivity contribution in [1.82, 2.24) is 0 Å². The second-order valence-corrected chi connectivity index (χ2v) is 4.82. The van der Waals surface area contributed by atoms with Crippen molar-refractivity contribution in [2.45, 2.75) is 0 Å². The van der Waals surface area contributed by atoms with Crippen molar-refractivity contribution in [1.29, 1.82) is 0 Å². The number of rotatable bonds is 6. The van der Waals surface area contributed by atoms with E-state index in [1.54, 1.807) is 11.8 Å². The van der Waals surface area contributed by atoms with E-state index >= 15 is 0 Å². The van der Waals surface area contributed by atoms with Gasteiger partial charge in [-0.1, -0.05) is 6.08 Å². The Morgan fingerprint density at radius 1 is 1.31 bits per heavy atom. The topological polar surface area (TPSA) is 57.1 Å². The van der Waals surface area contributed by atoms with Crippen LogP contribution in [0.15, 0.2) is 16.8 Å². The summed E-state index contributed by atoms with van der Waals surface area (Å²) in [5.74, 6) is 0. The van der Waals surface area contributed by atoms with Crippen LogP contribution >= 0.6 is 0 Å². The minimum atomic E-state index is -2.64. The van der Waals surface area contributed by atoms with E-state index in [2.05, 4.69) is 4.99 Å². The Kier molecular flexibility index (Phi) is 6.30. The van der Waals surface area contributed by atoms with Crippen LogP contribution in [0.2, 0.25) is 0 Å². The summed E-state index contributed by atoms with van der Waals surface area (Å²) in [6.07, 6.45) is 3.07. The molecule has 0 rings (SSSR count). The molecule has 5 nitrogen and oxygen atoms in total. The molecule has 6 heteroatoms. The number of isocyanates is 1. The highest BCUT2D eigenvalue weighted by molar-refractivity contribution is 6.66. The highest BCUT2D eigenvalue weighted by Gasteiger charge is 2.33. The highest BCUT2D eigenvalue weighted by atomic mass is 28.4. The first-order chi connectivity index (χ1) is 6.24. The zero-order valence-electron chi connectivity index (χ0n) is 7.94. The van der Waals surface area contributed by atoms with Crippen LogP contribution in [0.4, 0.5) is 0 Å². The fraction of sp³-hybridized carbons (Fsp3) is 0.571. The standard InChI is InChI=1S/C7H13NO4Si/c1-10-13(11-2,12-3)6-4-5-8-7-9/h4,6H,5H2,1-3H3. The molecule has 0 aromatic heterocycles. The Labute approximate surface area is 78.4 Å². The molecule has 0 atom stereocenters. The maximum atomic E-state index is 9.73. The first-order valence-electron chi connectivity index (χ1n) is 3.61. The Hall–Kier alpha value is -0.783. The third-order valence-corrected chi connectivity index (χ3v) is 3.79. The third-order valence-electron chi connectivity index (χ3n) is 1.44. The van der Waals surface area contributed by atoms with Crippen molar-refractivity contribution in [3.8, 4) is 0 Å². The van der Waals surface area contributed by atoms with Crippen molar-refractivity contribution in [3.63, 3.8) is 0 Å². The normalized spacial score (nSPS) is 11.6. The molecule has 0 aliphatic carbocycles. The molecular formula is C7H13NO4Si. The molecule has 0 aliphatic rings. The van der Waals surface area contributed by atoms with Crippen molar-refractivity contribution < 1.29 is 18.1 Å². The second-order valence-electron chi connectivity index (χ2n) is 2.05. The van der Waals surface area contributed by atoms with Crippen molar-refractivity contribution in [2.75, 3.05) is 27.9 Å². The summed E-state index contributed by atoms with van der Waals surface area (Å²) in [5.41, 5.74) is 1.66. The number of nitrogens with zero attached hydrogens (tertiary/aromatic N) is 1. The maximum Gasteiger partial charge on any atom is 0.528 e. The van der Waals surface area contributed by atoms with Gasteiger partial charge >= 0.3 is 8.80 Å². The molecule has 0 aromatic rings. The van der Waals surface area contributed by atoms with Crippen LogP contribution in [-0.4, -0.2) is 42.8 Å². The fourth-order valence-corrected chi connectivity index (χ4v) is 2.04. The van der Waals surface area contributed by atoms with Crippen LogP contribution in [0.25, 0.3) is 0 Å². The molecule has 0 saturated heterocycles. The van der Waals surface area contributed by atoms with Gasteiger partial charge in [0.2, 0.25) is 6.08 Å². The molecule has 0 fully saturated rings. The molecule has 0 bridgehead atoms. The van der Waals surface area contributed by atoms with Gasteiger partial charge in [0.1, 0.15) is 0 Å². The highest BCUT2D eigenvalue weighted by Crippen LogP contribution is 2.06. The van der Waals surface area contributed by atoms with E-state index in [0.29, 0.717) is 0 Å². The van der Waals surface area contributed by atoms with E-state index in [1.807, 2.05) is 0 Å². The Balaban J connectivity index is 4.22. The maximum absolute atomic E-state index is 9.73. The predicted molar refractivity (Wildman–Crippen MR) is 48.9 cm³/mol. The first-order valence-corrected chi connectivity index (χ1v) is 5.41. The minimum absolute atomic E-state index is 0.258. The fourth-order valence-electron chi connectivity index (χ4n) is 0.741. The van der Waals surface area contributed by atoms with Crippen LogP contribution in [0.3, 0.4) is 0 Å². The molecule has 0 aromatic carbocycles. The summed E-state index contributed by atoms with van der Waals surface area (Å²) in [7, 11) is 1.88. The number of aliphatic imine (C=N–C) groups is 1. The molecule has 0 amide bonds. The zero-order chi connectivity index (χ0) is 10.2. The van der Waals surface area contributed by atoms with Crippen LogP contribution < -0.4 is 0 Å². The molecule has 0 N–H and O–H groups in total. The van der Waals surface area contributed by atoms with Crippen LogP contribution in [0.5, 0.6) is 0 Å². The zero-order valence-corrected chi connectivity index (χ0v) is 8.94. The molecule has 74 valence electrons. The lowest BCUT2D eigenvalue weighted by Gasteiger charge is -2.19. The lowest BCUT2D eigenvalue weighted by Crippen LogP contribution is -2.40. The SMILES string of the molecule is CO[Si](C=CCN=C=O)(OC)OC. The molecular weight excluding hydrogens is 190 g/mol.